The Kier molecular flexibility index (Phi) is 3.34. The molecule has 1 fully saturated rings. The van der Waals surface area contributed by atoms with Gasteiger partial charge in [-0.15, -0.1) is 0 Å². The average molecular weight is 217 g/mol. The Morgan fingerprint density at radius 1 is 1.31 bits per heavy atom. The lowest BCUT2D eigenvalue weighted by Crippen LogP contribution is -2.28. The van der Waals surface area contributed by atoms with Gasteiger partial charge in [-0.05, 0) is 50.3 Å². The van der Waals surface area contributed by atoms with E-state index in [0.29, 0.717) is 18.0 Å². The summed E-state index contributed by atoms with van der Waals surface area (Å²) in [5.41, 5.74) is 4.47. The first-order valence-electron chi connectivity index (χ1n) is 6.45. The molecule has 0 aromatic heterocycles. The quantitative estimate of drug-likeness (QED) is 0.799. The summed E-state index contributed by atoms with van der Waals surface area (Å²) in [6, 6.07) is 8.05. The minimum absolute atomic E-state index is 0.662. The molecule has 1 N–H and O–H groups in total. The zero-order valence-corrected chi connectivity index (χ0v) is 10.9. The second-order valence-corrected chi connectivity index (χ2v) is 5.21. The van der Waals surface area contributed by atoms with Crippen molar-refractivity contribution < 1.29 is 0 Å². The van der Waals surface area contributed by atoms with E-state index in [2.05, 4.69) is 51.2 Å². The van der Waals surface area contributed by atoms with Crippen LogP contribution in [0.1, 0.15) is 49.3 Å². The molecule has 1 heteroatoms. The number of hydrogen-bond donors (Lipinski definition) is 1. The van der Waals surface area contributed by atoms with Crippen LogP contribution in [0.4, 0.5) is 0 Å². The highest BCUT2D eigenvalue weighted by atomic mass is 15.0. The molecular weight excluding hydrogens is 194 g/mol. The number of aryl methyl sites for hydroxylation is 1. The molecule has 1 heterocycles. The molecule has 0 aliphatic carbocycles. The lowest BCUT2D eigenvalue weighted by atomic mass is 9.86. The van der Waals surface area contributed by atoms with Gasteiger partial charge in [-0.3, -0.25) is 0 Å². The summed E-state index contributed by atoms with van der Waals surface area (Å²) < 4.78 is 0. The molecule has 3 atom stereocenters. The van der Waals surface area contributed by atoms with Gasteiger partial charge in [0.15, 0.2) is 0 Å². The number of benzene rings is 1. The van der Waals surface area contributed by atoms with Crippen molar-refractivity contribution in [2.24, 2.45) is 0 Å². The van der Waals surface area contributed by atoms with Crippen LogP contribution in [-0.2, 0) is 0 Å². The molecule has 0 saturated carbocycles. The summed E-state index contributed by atoms with van der Waals surface area (Å²) in [4.78, 5) is 0. The van der Waals surface area contributed by atoms with Gasteiger partial charge in [0.05, 0.1) is 0 Å². The van der Waals surface area contributed by atoms with Crippen LogP contribution in [0.2, 0.25) is 0 Å². The van der Waals surface area contributed by atoms with E-state index in [4.69, 9.17) is 0 Å². The Morgan fingerprint density at radius 2 is 2.06 bits per heavy atom. The van der Waals surface area contributed by atoms with Crippen molar-refractivity contribution >= 4 is 0 Å². The predicted molar refractivity (Wildman–Crippen MR) is 70.0 cm³/mol. The van der Waals surface area contributed by atoms with Gasteiger partial charge in [-0.2, -0.15) is 0 Å². The molecule has 1 aromatic carbocycles. The minimum atomic E-state index is 0.662. The molecule has 0 spiro atoms. The third-order valence-electron chi connectivity index (χ3n) is 4.08. The molecule has 0 bridgehead atoms. The summed E-state index contributed by atoms with van der Waals surface area (Å²) >= 11 is 0. The molecule has 1 saturated heterocycles. The number of hydrogen-bond acceptors (Lipinski definition) is 1. The van der Waals surface area contributed by atoms with Crippen molar-refractivity contribution in [3.63, 3.8) is 0 Å². The van der Waals surface area contributed by atoms with Gasteiger partial charge in [0, 0.05) is 18.0 Å². The van der Waals surface area contributed by atoms with Gasteiger partial charge >= 0.3 is 0 Å². The van der Waals surface area contributed by atoms with E-state index in [-0.39, 0.29) is 0 Å². The Morgan fingerprint density at radius 3 is 2.75 bits per heavy atom. The highest BCUT2D eigenvalue weighted by molar-refractivity contribution is 5.37. The van der Waals surface area contributed by atoms with E-state index < -0.39 is 0 Å². The van der Waals surface area contributed by atoms with Gasteiger partial charge in [-0.1, -0.05) is 25.1 Å². The topological polar surface area (TPSA) is 12.0 Å². The Labute approximate surface area is 99.3 Å². The van der Waals surface area contributed by atoms with Crippen molar-refractivity contribution in [1.29, 1.82) is 0 Å². The monoisotopic (exact) mass is 217 g/mol. The molecule has 1 aromatic rings. The SMILES string of the molecule is CCC1NC(C)CC1c1cccc(C)c1C. The van der Waals surface area contributed by atoms with Crippen LogP contribution in [0, 0.1) is 13.8 Å². The third-order valence-corrected chi connectivity index (χ3v) is 4.08. The van der Waals surface area contributed by atoms with E-state index in [1.165, 1.54) is 24.0 Å². The molecule has 2 rings (SSSR count). The van der Waals surface area contributed by atoms with Gasteiger partial charge in [-0.25, -0.2) is 0 Å². The molecule has 0 amide bonds. The Bertz CT molecular complexity index is 370. The van der Waals surface area contributed by atoms with E-state index in [0.717, 1.165) is 0 Å². The normalized spacial score (nSPS) is 29.6. The fourth-order valence-electron chi connectivity index (χ4n) is 3.02. The van der Waals surface area contributed by atoms with Gasteiger partial charge in [0.25, 0.3) is 0 Å². The van der Waals surface area contributed by atoms with Gasteiger partial charge in [0.1, 0.15) is 0 Å². The van der Waals surface area contributed by atoms with Crippen LogP contribution >= 0.6 is 0 Å². The lowest BCUT2D eigenvalue weighted by molar-refractivity contribution is 0.516. The molecule has 0 radical (unpaired) electrons. The van der Waals surface area contributed by atoms with Crippen LogP contribution in [-0.4, -0.2) is 12.1 Å². The summed E-state index contributed by atoms with van der Waals surface area (Å²) in [5, 5.41) is 3.70. The van der Waals surface area contributed by atoms with Crippen molar-refractivity contribution in [3.8, 4) is 0 Å². The van der Waals surface area contributed by atoms with E-state index >= 15 is 0 Å². The predicted octanol–water partition coefficient (Wildman–Crippen LogP) is 3.55. The largest absolute Gasteiger partial charge is 0.311 e. The third kappa shape index (κ3) is 2.01. The van der Waals surface area contributed by atoms with Crippen molar-refractivity contribution in [3.05, 3.63) is 34.9 Å². The first-order chi connectivity index (χ1) is 7.63. The Hall–Kier alpha value is -0.820. The van der Waals surface area contributed by atoms with Crippen LogP contribution in [0.15, 0.2) is 18.2 Å². The maximum absolute atomic E-state index is 3.70. The molecule has 1 aliphatic heterocycles. The van der Waals surface area contributed by atoms with Crippen LogP contribution in [0.25, 0.3) is 0 Å². The lowest BCUT2D eigenvalue weighted by Gasteiger charge is -2.21. The summed E-state index contributed by atoms with van der Waals surface area (Å²) in [6.07, 6.45) is 2.51. The minimum Gasteiger partial charge on any atom is -0.311 e. The second-order valence-electron chi connectivity index (χ2n) is 5.21. The molecule has 3 unspecified atom stereocenters. The van der Waals surface area contributed by atoms with Crippen LogP contribution in [0.5, 0.6) is 0 Å². The van der Waals surface area contributed by atoms with E-state index in [9.17, 15) is 0 Å². The van der Waals surface area contributed by atoms with Crippen LogP contribution in [0.3, 0.4) is 0 Å². The highest BCUT2D eigenvalue weighted by Gasteiger charge is 2.31. The fraction of sp³-hybridized carbons (Fsp3) is 0.600. The van der Waals surface area contributed by atoms with Gasteiger partial charge < -0.3 is 5.32 Å². The van der Waals surface area contributed by atoms with E-state index in [1.807, 2.05) is 0 Å². The van der Waals surface area contributed by atoms with Crippen molar-refractivity contribution in [1.82, 2.24) is 5.32 Å². The fourth-order valence-corrected chi connectivity index (χ4v) is 3.02. The van der Waals surface area contributed by atoms with Crippen molar-refractivity contribution in [2.45, 2.75) is 58.5 Å². The summed E-state index contributed by atoms with van der Waals surface area (Å²) in [6.45, 7) is 9.06. The first kappa shape index (κ1) is 11.7. The molecule has 88 valence electrons. The highest BCUT2D eigenvalue weighted by Crippen LogP contribution is 2.34. The zero-order chi connectivity index (χ0) is 11.7. The van der Waals surface area contributed by atoms with Crippen molar-refractivity contribution in [2.75, 3.05) is 0 Å². The van der Waals surface area contributed by atoms with Gasteiger partial charge in [0.2, 0.25) is 0 Å². The van der Waals surface area contributed by atoms with Crippen LogP contribution < -0.4 is 5.32 Å². The standard InChI is InChI=1S/C15H23N/c1-5-15-14(9-11(3)16-15)13-8-6-7-10(2)12(13)4/h6-8,11,14-16H,5,9H2,1-4H3. The number of nitrogens with one attached hydrogen (secondary N) is 1. The molecule has 16 heavy (non-hydrogen) atoms. The molecule has 1 nitrogen and oxygen atoms in total. The molecular formula is C15H23N. The summed E-state index contributed by atoms with van der Waals surface area (Å²) in [5.74, 6) is 0.708. The Balaban J connectivity index is 2.33. The second kappa shape index (κ2) is 4.58. The maximum atomic E-state index is 3.70. The average Bonchev–Trinajstić information content (AvgIpc) is 2.63. The van der Waals surface area contributed by atoms with E-state index in [1.54, 1.807) is 5.56 Å². The maximum Gasteiger partial charge on any atom is 0.0136 e. The zero-order valence-electron chi connectivity index (χ0n) is 10.9. The summed E-state index contributed by atoms with van der Waals surface area (Å²) in [7, 11) is 0. The number of rotatable bonds is 2. The smallest absolute Gasteiger partial charge is 0.0136 e. The first-order valence-corrected chi connectivity index (χ1v) is 6.45. The molecule has 1 aliphatic rings.